The number of ether oxygens (including phenoxy) is 2. The number of imidazole rings is 1. The molecule has 18 heavy (non-hydrogen) atoms. The number of hydrogen-bond donors (Lipinski definition) is 1. The predicted octanol–water partition coefficient (Wildman–Crippen LogP) is 1.84. The molecule has 0 saturated heterocycles. The maximum absolute atomic E-state index is 5.83. The zero-order valence-corrected chi connectivity index (χ0v) is 10.8. The van der Waals surface area contributed by atoms with Gasteiger partial charge in [-0.1, -0.05) is 12.1 Å². The first-order chi connectivity index (χ1) is 8.67. The lowest BCUT2D eigenvalue weighted by molar-refractivity contribution is 0.351. The number of nitrogens with two attached hydrogens (primary N) is 1. The first kappa shape index (κ1) is 12.3. The Labute approximate surface area is 106 Å². The van der Waals surface area contributed by atoms with Gasteiger partial charge in [0, 0.05) is 11.3 Å². The van der Waals surface area contributed by atoms with Crippen LogP contribution in [0.4, 0.5) is 5.95 Å². The summed E-state index contributed by atoms with van der Waals surface area (Å²) in [6, 6.07) is 5.78. The summed E-state index contributed by atoms with van der Waals surface area (Å²) in [6.45, 7) is 2.58. The second-order valence-electron chi connectivity index (χ2n) is 4.00. The van der Waals surface area contributed by atoms with Gasteiger partial charge in [0.1, 0.15) is 0 Å². The summed E-state index contributed by atoms with van der Waals surface area (Å²) in [5.41, 5.74) is 7.85. The molecule has 5 nitrogen and oxygen atoms in total. The SMILES string of the molecule is COc1cccc(Cn2c(C)cnc2N)c1OC. The normalized spacial score (nSPS) is 10.4. The number of benzene rings is 1. The minimum absolute atomic E-state index is 0.498. The van der Waals surface area contributed by atoms with Crippen molar-refractivity contribution in [3.05, 3.63) is 35.7 Å². The summed E-state index contributed by atoms with van der Waals surface area (Å²) >= 11 is 0. The maximum Gasteiger partial charge on any atom is 0.200 e. The van der Waals surface area contributed by atoms with Gasteiger partial charge < -0.3 is 19.8 Å². The molecule has 0 spiro atoms. The fraction of sp³-hybridized carbons (Fsp3) is 0.308. The zero-order chi connectivity index (χ0) is 13.1. The van der Waals surface area contributed by atoms with Crippen LogP contribution >= 0.6 is 0 Å². The highest BCUT2D eigenvalue weighted by atomic mass is 16.5. The minimum Gasteiger partial charge on any atom is -0.493 e. The van der Waals surface area contributed by atoms with E-state index in [9.17, 15) is 0 Å². The fourth-order valence-electron chi connectivity index (χ4n) is 1.93. The van der Waals surface area contributed by atoms with Crippen LogP contribution in [0.5, 0.6) is 11.5 Å². The number of hydrogen-bond acceptors (Lipinski definition) is 4. The van der Waals surface area contributed by atoms with E-state index in [1.165, 1.54) is 0 Å². The smallest absolute Gasteiger partial charge is 0.200 e. The summed E-state index contributed by atoms with van der Waals surface area (Å²) in [7, 11) is 3.25. The molecule has 0 aliphatic rings. The lowest BCUT2D eigenvalue weighted by atomic mass is 10.2. The summed E-state index contributed by atoms with van der Waals surface area (Å²) < 4.78 is 12.6. The Balaban J connectivity index is 2.40. The lowest BCUT2D eigenvalue weighted by Gasteiger charge is -2.14. The zero-order valence-electron chi connectivity index (χ0n) is 10.8. The van der Waals surface area contributed by atoms with Gasteiger partial charge in [-0.15, -0.1) is 0 Å². The predicted molar refractivity (Wildman–Crippen MR) is 70.0 cm³/mol. The van der Waals surface area contributed by atoms with E-state index in [1.807, 2.05) is 29.7 Å². The highest BCUT2D eigenvalue weighted by molar-refractivity contribution is 5.47. The van der Waals surface area contributed by atoms with Crippen molar-refractivity contribution in [2.75, 3.05) is 20.0 Å². The van der Waals surface area contributed by atoms with Gasteiger partial charge in [0.15, 0.2) is 11.5 Å². The molecule has 0 aliphatic heterocycles. The van der Waals surface area contributed by atoms with Crippen molar-refractivity contribution in [1.29, 1.82) is 0 Å². The fourth-order valence-corrected chi connectivity index (χ4v) is 1.93. The van der Waals surface area contributed by atoms with Gasteiger partial charge in [-0.2, -0.15) is 0 Å². The van der Waals surface area contributed by atoms with Crippen LogP contribution < -0.4 is 15.2 Å². The van der Waals surface area contributed by atoms with Crippen molar-refractivity contribution < 1.29 is 9.47 Å². The first-order valence-corrected chi connectivity index (χ1v) is 5.64. The number of rotatable bonds is 4. The van der Waals surface area contributed by atoms with Crippen LogP contribution in [0.15, 0.2) is 24.4 Å². The van der Waals surface area contributed by atoms with Crippen LogP contribution in [0.3, 0.4) is 0 Å². The van der Waals surface area contributed by atoms with Gasteiger partial charge in [0.05, 0.1) is 27.0 Å². The van der Waals surface area contributed by atoms with E-state index in [-0.39, 0.29) is 0 Å². The van der Waals surface area contributed by atoms with E-state index in [0.717, 1.165) is 17.0 Å². The third-order valence-corrected chi connectivity index (χ3v) is 2.90. The third-order valence-electron chi connectivity index (χ3n) is 2.90. The Morgan fingerprint density at radius 2 is 2.06 bits per heavy atom. The monoisotopic (exact) mass is 247 g/mol. The van der Waals surface area contributed by atoms with Gasteiger partial charge in [-0.3, -0.25) is 0 Å². The molecule has 96 valence electrons. The molecule has 1 heterocycles. The first-order valence-electron chi connectivity index (χ1n) is 5.64. The second kappa shape index (κ2) is 5.00. The topological polar surface area (TPSA) is 62.3 Å². The van der Waals surface area contributed by atoms with Crippen molar-refractivity contribution in [3.63, 3.8) is 0 Å². The van der Waals surface area contributed by atoms with Crippen molar-refractivity contribution in [2.45, 2.75) is 13.5 Å². The van der Waals surface area contributed by atoms with Gasteiger partial charge in [-0.25, -0.2) is 4.98 Å². The molecule has 1 aromatic carbocycles. The number of methoxy groups -OCH3 is 2. The molecule has 5 heteroatoms. The molecule has 0 amide bonds. The Bertz CT molecular complexity index is 530. The number of nitrogen functional groups attached to an aromatic ring is 1. The Morgan fingerprint density at radius 3 is 2.61 bits per heavy atom. The van der Waals surface area contributed by atoms with Crippen molar-refractivity contribution in [2.24, 2.45) is 0 Å². The van der Waals surface area contributed by atoms with Crippen LogP contribution in [-0.4, -0.2) is 23.8 Å². The molecule has 0 unspecified atom stereocenters. The van der Waals surface area contributed by atoms with Crippen molar-refractivity contribution in [1.82, 2.24) is 9.55 Å². The van der Waals surface area contributed by atoms with Crippen LogP contribution in [0, 0.1) is 6.92 Å². The van der Waals surface area contributed by atoms with E-state index < -0.39 is 0 Å². The summed E-state index contributed by atoms with van der Waals surface area (Å²) in [6.07, 6.45) is 1.75. The van der Waals surface area contributed by atoms with Crippen LogP contribution in [0.25, 0.3) is 0 Å². The summed E-state index contributed by atoms with van der Waals surface area (Å²) in [5.74, 6) is 1.94. The standard InChI is InChI=1S/C13H17N3O2/c1-9-7-15-13(14)16(9)8-10-5-4-6-11(17-2)12(10)18-3/h4-7H,8H2,1-3H3,(H2,14,15). The molecule has 0 fully saturated rings. The number of nitrogens with zero attached hydrogens (tertiary/aromatic N) is 2. The molecule has 0 atom stereocenters. The highest BCUT2D eigenvalue weighted by Gasteiger charge is 2.12. The lowest BCUT2D eigenvalue weighted by Crippen LogP contribution is -2.07. The molecule has 2 N–H and O–H groups in total. The molecular formula is C13H17N3O2. The molecule has 0 aliphatic carbocycles. The van der Waals surface area contributed by atoms with Crippen molar-refractivity contribution >= 4 is 5.95 Å². The number of para-hydroxylation sites is 1. The number of aromatic nitrogens is 2. The molecule has 1 aromatic heterocycles. The molecular weight excluding hydrogens is 230 g/mol. The quantitative estimate of drug-likeness (QED) is 0.895. The maximum atomic E-state index is 5.83. The van der Waals surface area contributed by atoms with Crippen LogP contribution in [0.1, 0.15) is 11.3 Å². The summed E-state index contributed by atoms with van der Waals surface area (Å²) in [4.78, 5) is 4.08. The van der Waals surface area contributed by atoms with E-state index >= 15 is 0 Å². The number of aryl methyl sites for hydroxylation is 1. The van der Waals surface area contributed by atoms with E-state index in [0.29, 0.717) is 18.2 Å². The van der Waals surface area contributed by atoms with Crippen molar-refractivity contribution in [3.8, 4) is 11.5 Å². The minimum atomic E-state index is 0.498. The summed E-state index contributed by atoms with van der Waals surface area (Å²) in [5, 5.41) is 0. The Kier molecular flexibility index (Phi) is 3.41. The average molecular weight is 247 g/mol. The average Bonchev–Trinajstić information content (AvgIpc) is 2.70. The largest absolute Gasteiger partial charge is 0.493 e. The Hall–Kier alpha value is -2.17. The van der Waals surface area contributed by atoms with Gasteiger partial charge in [0.25, 0.3) is 0 Å². The van der Waals surface area contributed by atoms with Gasteiger partial charge in [-0.05, 0) is 13.0 Å². The number of anilines is 1. The van der Waals surface area contributed by atoms with Crippen LogP contribution in [0.2, 0.25) is 0 Å². The van der Waals surface area contributed by atoms with E-state index in [1.54, 1.807) is 20.4 Å². The molecule has 0 saturated carbocycles. The van der Waals surface area contributed by atoms with E-state index in [4.69, 9.17) is 15.2 Å². The van der Waals surface area contributed by atoms with Gasteiger partial charge in [0.2, 0.25) is 5.95 Å². The molecule has 0 bridgehead atoms. The third kappa shape index (κ3) is 2.11. The van der Waals surface area contributed by atoms with E-state index in [2.05, 4.69) is 4.98 Å². The van der Waals surface area contributed by atoms with Crippen LogP contribution in [-0.2, 0) is 6.54 Å². The highest BCUT2D eigenvalue weighted by Crippen LogP contribution is 2.31. The second-order valence-corrected chi connectivity index (χ2v) is 4.00. The molecule has 2 aromatic rings. The van der Waals surface area contributed by atoms with Gasteiger partial charge >= 0.3 is 0 Å². The Morgan fingerprint density at radius 1 is 1.28 bits per heavy atom. The molecule has 2 rings (SSSR count). The molecule has 0 radical (unpaired) electrons.